The van der Waals surface area contributed by atoms with Crippen molar-refractivity contribution in [2.45, 2.75) is 68.1 Å². The van der Waals surface area contributed by atoms with Gasteiger partial charge in [-0.15, -0.1) is 4.31 Å². The van der Waals surface area contributed by atoms with Crippen molar-refractivity contribution in [1.29, 1.82) is 0 Å². The molecule has 3 fully saturated rings. The first-order valence-corrected chi connectivity index (χ1v) is 12.3. The summed E-state index contributed by atoms with van der Waals surface area (Å²) in [5, 5.41) is 3.96. The van der Waals surface area contributed by atoms with Gasteiger partial charge in [0.2, 0.25) is 11.9 Å². The van der Waals surface area contributed by atoms with Gasteiger partial charge in [-0.25, -0.2) is 4.98 Å². The van der Waals surface area contributed by atoms with E-state index in [9.17, 15) is 9.35 Å². The van der Waals surface area contributed by atoms with Crippen LogP contribution >= 0.6 is 0 Å². The summed E-state index contributed by atoms with van der Waals surface area (Å²) in [6.45, 7) is 3.58. The molecule has 2 saturated carbocycles. The van der Waals surface area contributed by atoms with Crippen LogP contribution in [0.4, 0.5) is 11.8 Å². The molecule has 10 heteroatoms. The maximum absolute atomic E-state index is 13.2. The van der Waals surface area contributed by atoms with E-state index in [4.69, 9.17) is 4.98 Å². The van der Waals surface area contributed by atoms with Crippen molar-refractivity contribution in [3.05, 3.63) is 24.2 Å². The van der Waals surface area contributed by atoms with Gasteiger partial charge in [-0.2, -0.15) is 9.97 Å². The topological polar surface area (TPSA) is 113 Å². The monoisotopic (exact) mass is 441 g/mol. The first kappa shape index (κ1) is 19.5. The Kier molecular flexibility index (Phi) is 4.52. The second kappa shape index (κ2) is 7.18. The number of rotatable bonds is 6. The van der Waals surface area contributed by atoms with Gasteiger partial charge in [-0.3, -0.25) is 9.69 Å². The van der Waals surface area contributed by atoms with Gasteiger partial charge in [0.1, 0.15) is 17.2 Å². The van der Waals surface area contributed by atoms with Gasteiger partial charge >= 0.3 is 5.16 Å². The van der Waals surface area contributed by atoms with Crippen LogP contribution in [-0.4, -0.2) is 59.9 Å². The van der Waals surface area contributed by atoms with Crippen molar-refractivity contribution >= 4 is 29.0 Å². The third-order valence-corrected chi connectivity index (χ3v) is 8.65. The Balaban J connectivity index is 1.16. The van der Waals surface area contributed by atoms with Crippen LogP contribution in [0.15, 0.2) is 23.7 Å². The lowest BCUT2D eigenvalue weighted by Crippen LogP contribution is -2.43. The van der Waals surface area contributed by atoms with Crippen LogP contribution in [0.1, 0.15) is 51.0 Å². The van der Waals surface area contributed by atoms with E-state index in [0.717, 1.165) is 37.1 Å². The summed E-state index contributed by atoms with van der Waals surface area (Å²) in [4.78, 5) is 31.6. The van der Waals surface area contributed by atoms with Crippen LogP contribution in [-0.2, 0) is 21.6 Å². The molecule has 0 radical (unpaired) electrons. The molecular formula is C21H27N7O2S. The number of carbonyl (C=O) groups is 1. The first-order chi connectivity index (χ1) is 15.1. The van der Waals surface area contributed by atoms with Gasteiger partial charge < -0.3 is 14.9 Å². The average Bonchev–Trinajstić information content (AvgIpc) is 3.70. The molecule has 2 aromatic heterocycles. The van der Waals surface area contributed by atoms with Crippen LogP contribution in [0.25, 0.3) is 0 Å². The summed E-state index contributed by atoms with van der Waals surface area (Å²) in [6, 6.07) is 0.415. The molecule has 31 heavy (non-hydrogen) atoms. The fraction of sp³-hybridized carbons (Fsp3) is 0.619. The van der Waals surface area contributed by atoms with Gasteiger partial charge in [0.25, 0.3) is 0 Å². The van der Waals surface area contributed by atoms with E-state index in [-0.39, 0.29) is 23.4 Å². The Labute approximate surface area is 184 Å². The summed E-state index contributed by atoms with van der Waals surface area (Å²) in [5.74, 6) is 2.22. The number of piperidine rings is 1. The minimum Gasteiger partial charge on any atom is -0.590 e. The molecule has 4 aliphatic rings. The summed E-state index contributed by atoms with van der Waals surface area (Å²) in [5.41, 5.74) is 0.664. The maximum atomic E-state index is 13.2. The molecule has 2 atom stereocenters. The fourth-order valence-corrected chi connectivity index (χ4v) is 6.11. The Morgan fingerprint density at radius 1 is 1.26 bits per heavy atom. The highest BCUT2D eigenvalue weighted by molar-refractivity contribution is 7.88. The number of fused-ring (bicyclic) bond motifs is 2. The van der Waals surface area contributed by atoms with E-state index >= 15 is 0 Å². The molecule has 0 bridgehead atoms. The number of H-pyrrole nitrogens is 1. The van der Waals surface area contributed by atoms with Crippen LogP contribution in [0, 0.1) is 5.92 Å². The van der Waals surface area contributed by atoms with Crippen LogP contribution < -0.4 is 10.2 Å². The minimum atomic E-state index is -1.25. The lowest BCUT2D eigenvalue weighted by atomic mass is 10.0. The van der Waals surface area contributed by atoms with E-state index < -0.39 is 11.4 Å². The number of nitrogens with one attached hydrogen (secondary N) is 2. The molecule has 6 rings (SSSR count). The third kappa shape index (κ3) is 3.23. The predicted octanol–water partition coefficient (Wildman–Crippen LogP) is 1.98. The van der Waals surface area contributed by atoms with E-state index in [1.807, 2.05) is 15.4 Å². The molecule has 2 N–H and O–H groups in total. The lowest BCUT2D eigenvalue weighted by molar-refractivity contribution is -0.120. The molecule has 164 valence electrons. The van der Waals surface area contributed by atoms with Crippen LogP contribution in [0.5, 0.6) is 0 Å². The zero-order valence-corrected chi connectivity index (χ0v) is 18.4. The zero-order chi connectivity index (χ0) is 21.2. The van der Waals surface area contributed by atoms with Crippen molar-refractivity contribution in [3.8, 4) is 0 Å². The molecule has 2 aliphatic heterocycles. The first-order valence-electron chi connectivity index (χ1n) is 11.2. The number of aromatic nitrogens is 4. The van der Waals surface area contributed by atoms with Crippen molar-refractivity contribution in [3.63, 3.8) is 0 Å². The predicted molar refractivity (Wildman–Crippen MR) is 116 cm³/mol. The summed E-state index contributed by atoms with van der Waals surface area (Å²) < 4.78 is 14.5. The number of anilines is 2. The second-order valence-electron chi connectivity index (χ2n) is 9.26. The molecule has 2 aromatic rings. The van der Waals surface area contributed by atoms with E-state index in [2.05, 4.69) is 27.2 Å². The van der Waals surface area contributed by atoms with Crippen LogP contribution in [0.2, 0.25) is 0 Å². The van der Waals surface area contributed by atoms with Crippen molar-refractivity contribution in [2.75, 3.05) is 23.3 Å². The number of nitrogens with zero attached hydrogens (tertiary/aromatic N) is 5. The third-order valence-electron chi connectivity index (χ3n) is 7.26. The summed E-state index contributed by atoms with van der Waals surface area (Å²) in [7, 11) is 0. The molecule has 4 heterocycles. The second-order valence-corrected chi connectivity index (χ2v) is 10.7. The molecule has 0 aromatic carbocycles. The Morgan fingerprint density at radius 2 is 2.03 bits per heavy atom. The van der Waals surface area contributed by atoms with Gasteiger partial charge in [0.15, 0.2) is 0 Å². The minimum absolute atomic E-state index is 0.203. The normalized spacial score (nSPS) is 25.0. The number of imidazole rings is 1. The summed E-state index contributed by atoms with van der Waals surface area (Å²) in [6.07, 6.45) is 11.1. The molecule has 9 nitrogen and oxygen atoms in total. The van der Waals surface area contributed by atoms with Crippen molar-refractivity contribution in [2.24, 2.45) is 5.92 Å². The number of hydrogen-bond acceptors (Lipinski definition) is 7. The largest absolute Gasteiger partial charge is 0.590 e. The average molecular weight is 442 g/mol. The number of hydrogen-bond donors (Lipinski definition) is 2. The Hall–Kier alpha value is -2.17. The number of amides is 1. The van der Waals surface area contributed by atoms with Crippen molar-refractivity contribution in [1.82, 2.24) is 24.2 Å². The van der Waals surface area contributed by atoms with Crippen LogP contribution in [0.3, 0.4) is 0 Å². The molecule has 2 aliphatic carbocycles. The molecule has 1 amide bonds. The SMILES string of the molecule is CC(C1CC1)N1C(=O)C2(CC2)c2cnc(NC3CCN([S+]([O-])c4ncc[nH]4)CC3)nc21. The van der Waals surface area contributed by atoms with E-state index in [1.165, 1.54) is 12.8 Å². The number of carbonyl (C=O) groups excluding carboxylic acids is 1. The van der Waals surface area contributed by atoms with E-state index in [0.29, 0.717) is 30.1 Å². The Morgan fingerprint density at radius 3 is 2.68 bits per heavy atom. The molecule has 1 spiro atoms. The van der Waals surface area contributed by atoms with E-state index in [1.54, 1.807) is 12.4 Å². The van der Waals surface area contributed by atoms with Gasteiger partial charge in [-0.1, -0.05) is 0 Å². The highest BCUT2D eigenvalue weighted by atomic mass is 32.2. The smallest absolute Gasteiger partial charge is 0.342 e. The Bertz CT molecular complexity index is 984. The maximum Gasteiger partial charge on any atom is 0.342 e. The highest BCUT2D eigenvalue weighted by Gasteiger charge is 2.61. The highest BCUT2D eigenvalue weighted by Crippen LogP contribution is 2.58. The lowest BCUT2D eigenvalue weighted by Gasteiger charge is -2.31. The summed E-state index contributed by atoms with van der Waals surface area (Å²) >= 11 is -1.25. The zero-order valence-electron chi connectivity index (χ0n) is 17.6. The van der Waals surface area contributed by atoms with Gasteiger partial charge in [-0.05, 0) is 51.4 Å². The molecule has 1 saturated heterocycles. The van der Waals surface area contributed by atoms with Crippen molar-refractivity contribution < 1.29 is 9.35 Å². The number of aromatic amines is 1. The molecule has 2 unspecified atom stereocenters. The van der Waals surface area contributed by atoms with Gasteiger partial charge in [0.05, 0.1) is 11.6 Å². The standard InChI is InChI=1S/C21H27N7O2S/c1-13(14-2-3-14)28-17-16(21(6-7-21)18(28)29)12-24-19(26-17)25-15-4-10-27(11-5-15)31(30)20-22-8-9-23-20/h8-9,12-15H,2-7,10-11H2,1H3,(H,22,23)(H,24,25,26). The van der Waals surface area contributed by atoms with Gasteiger partial charge in [0, 0.05) is 43.1 Å². The molecular weight excluding hydrogens is 414 g/mol. The quantitative estimate of drug-likeness (QED) is 0.659. The fourth-order valence-electron chi connectivity index (χ4n) is 5.00.